The Bertz CT molecular complexity index is 668. The predicted molar refractivity (Wildman–Crippen MR) is 92.0 cm³/mol. The first-order chi connectivity index (χ1) is 11.1. The van der Waals surface area contributed by atoms with Gasteiger partial charge in [0, 0.05) is 17.5 Å². The van der Waals surface area contributed by atoms with Gasteiger partial charge in [0.1, 0.15) is 23.3 Å². The Morgan fingerprint density at radius 3 is 2.46 bits per heavy atom. The van der Waals surface area contributed by atoms with E-state index in [1.165, 1.54) is 6.08 Å². The molecule has 1 fully saturated rings. The van der Waals surface area contributed by atoms with Crippen molar-refractivity contribution in [2.75, 3.05) is 7.11 Å². The summed E-state index contributed by atoms with van der Waals surface area (Å²) in [6, 6.07) is 3.71. The first kappa shape index (κ1) is 17.3. The van der Waals surface area contributed by atoms with Crippen molar-refractivity contribution < 1.29 is 23.2 Å². The first-order valence-electron chi connectivity index (χ1n) is 8.23. The van der Waals surface area contributed by atoms with E-state index in [-0.39, 0.29) is 6.10 Å². The average molecular weight is 334 g/mol. The van der Waals surface area contributed by atoms with Gasteiger partial charge in [0.25, 0.3) is 0 Å². The topological polar surface area (TPSA) is 36.9 Å². The van der Waals surface area contributed by atoms with E-state index in [0.29, 0.717) is 11.3 Å². The Labute approximate surface area is 143 Å². The Hall–Kier alpha value is -1.53. The molecule has 4 nitrogen and oxygen atoms in total. The van der Waals surface area contributed by atoms with Crippen molar-refractivity contribution in [1.82, 2.24) is 0 Å². The zero-order chi connectivity index (χ0) is 17.7. The van der Waals surface area contributed by atoms with E-state index < -0.39 is 24.0 Å². The second-order valence-electron chi connectivity index (χ2n) is 7.45. The smallest absolute Gasteiger partial charge is 0.496 e. The third-order valence-corrected chi connectivity index (χ3v) is 5.02. The molecule has 0 amide bonds. The molecule has 0 bridgehead atoms. The molecule has 3 rings (SSSR count). The van der Waals surface area contributed by atoms with Gasteiger partial charge in [0.15, 0.2) is 0 Å². The quantitative estimate of drug-likeness (QED) is 0.784. The summed E-state index contributed by atoms with van der Waals surface area (Å²) in [5.74, 6) is 1.38. The maximum atomic E-state index is 14.7. The molecule has 0 aliphatic carbocycles. The molecule has 0 N–H and O–H groups in total. The van der Waals surface area contributed by atoms with Crippen LogP contribution in [-0.4, -0.2) is 31.5 Å². The molecule has 1 aromatic rings. The van der Waals surface area contributed by atoms with E-state index in [9.17, 15) is 4.39 Å². The Morgan fingerprint density at radius 1 is 1.25 bits per heavy atom. The van der Waals surface area contributed by atoms with Gasteiger partial charge in [0.05, 0.1) is 18.3 Å². The van der Waals surface area contributed by atoms with Crippen molar-refractivity contribution in [3.8, 4) is 11.5 Å². The summed E-state index contributed by atoms with van der Waals surface area (Å²) < 4.78 is 37.4. The minimum Gasteiger partial charge on any atom is -0.496 e. The molecule has 2 heterocycles. The zero-order valence-electron chi connectivity index (χ0n) is 15.1. The van der Waals surface area contributed by atoms with E-state index in [2.05, 4.69) is 0 Å². The summed E-state index contributed by atoms with van der Waals surface area (Å²) in [6.45, 7) is 9.58. The fourth-order valence-electron chi connectivity index (χ4n) is 2.92. The molecule has 1 unspecified atom stereocenters. The minimum atomic E-state index is -1.02. The molecular formula is C18H24BFO4. The van der Waals surface area contributed by atoms with Gasteiger partial charge in [-0.05, 0) is 52.8 Å². The van der Waals surface area contributed by atoms with Crippen LogP contribution in [0.25, 0.3) is 6.08 Å². The maximum absolute atomic E-state index is 14.7. The Balaban J connectivity index is 1.90. The summed E-state index contributed by atoms with van der Waals surface area (Å²) >= 11 is 0. The summed E-state index contributed by atoms with van der Waals surface area (Å²) in [5.41, 5.74) is 0.0374. The number of methoxy groups -OCH3 is 1. The Morgan fingerprint density at radius 2 is 1.88 bits per heavy atom. The van der Waals surface area contributed by atoms with E-state index in [1.54, 1.807) is 7.11 Å². The van der Waals surface area contributed by atoms with Gasteiger partial charge < -0.3 is 18.8 Å². The van der Waals surface area contributed by atoms with Crippen molar-refractivity contribution >= 4 is 13.2 Å². The molecule has 1 aromatic carbocycles. The normalized spacial score (nSPS) is 24.7. The predicted octanol–water partition coefficient (Wildman–Crippen LogP) is 3.96. The molecule has 6 heteroatoms. The summed E-state index contributed by atoms with van der Waals surface area (Å²) in [7, 11) is 0.554. The van der Waals surface area contributed by atoms with Crippen LogP contribution in [0.15, 0.2) is 17.9 Å². The van der Waals surface area contributed by atoms with Gasteiger partial charge in [0.2, 0.25) is 0 Å². The van der Waals surface area contributed by atoms with Crippen LogP contribution in [0, 0.1) is 0 Å². The lowest BCUT2D eigenvalue weighted by molar-refractivity contribution is 0.00578. The van der Waals surface area contributed by atoms with Crippen LogP contribution in [0.5, 0.6) is 11.5 Å². The number of hydrogen-bond acceptors (Lipinski definition) is 4. The SMILES string of the molecule is COc1cc2c(cc1C=C(F)B1OC(C)(C)C(C)(C)O1)OC(C)C2. The minimum absolute atomic E-state index is 0.122. The monoisotopic (exact) mass is 334 g/mol. The highest BCUT2D eigenvalue weighted by Crippen LogP contribution is 2.40. The number of fused-ring (bicyclic) bond motifs is 1. The van der Waals surface area contributed by atoms with Crippen LogP contribution < -0.4 is 9.47 Å². The zero-order valence-corrected chi connectivity index (χ0v) is 15.1. The van der Waals surface area contributed by atoms with E-state index >= 15 is 0 Å². The van der Waals surface area contributed by atoms with Crippen LogP contribution in [0.4, 0.5) is 4.39 Å². The fourth-order valence-corrected chi connectivity index (χ4v) is 2.92. The molecule has 130 valence electrons. The third-order valence-electron chi connectivity index (χ3n) is 5.02. The molecule has 0 radical (unpaired) electrons. The molecule has 2 aliphatic rings. The molecule has 1 atom stereocenters. The lowest BCUT2D eigenvalue weighted by atomic mass is 9.86. The van der Waals surface area contributed by atoms with E-state index in [4.69, 9.17) is 18.8 Å². The van der Waals surface area contributed by atoms with E-state index in [1.807, 2.05) is 46.8 Å². The fraction of sp³-hybridized carbons (Fsp3) is 0.556. The molecular weight excluding hydrogens is 310 g/mol. The Kier molecular flexibility index (Phi) is 4.17. The molecule has 0 spiro atoms. The second-order valence-corrected chi connectivity index (χ2v) is 7.45. The maximum Gasteiger partial charge on any atom is 0.525 e. The van der Waals surface area contributed by atoms with Gasteiger partial charge in [-0.3, -0.25) is 0 Å². The van der Waals surface area contributed by atoms with Crippen molar-refractivity contribution in [3.63, 3.8) is 0 Å². The lowest BCUT2D eigenvalue weighted by Gasteiger charge is -2.32. The van der Waals surface area contributed by atoms with E-state index in [0.717, 1.165) is 17.7 Å². The molecule has 1 saturated heterocycles. The summed E-state index contributed by atoms with van der Waals surface area (Å²) in [4.78, 5) is 0. The molecule has 0 saturated carbocycles. The molecule has 24 heavy (non-hydrogen) atoms. The van der Waals surface area contributed by atoms with Crippen LogP contribution >= 0.6 is 0 Å². The van der Waals surface area contributed by atoms with Crippen molar-refractivity contribution in [1.29, 1.82) is 0 Å². The number of benzene rings is 1. The highest BCUT2D eigenvalue weighted by atomic mass is 19.1. The van der Waals surface area contributed by atoms with Gasteiger partial charge in [-0.2, -0.15) is 0 Å². The number of halogens is 1. The highest BCUT2D eigenvalue weighted by molar-refractivity contribution is 6.54. The second kappa shape index (κ2) is 5.78. The van der Waals surface area contributed by atoms with Gasteiger partial charge in [-0.1, -0.05) is 0 Å². The standard InChI is InChI=1S/C18H24BFO4/c1-11-7-12-8-14(21-6)13(9-15(12)22-11)10-16(20)19-23-17(2,3)18(4,5)24-19/h8-11H,7H2,1-6H3. The molecule has 2 aliphatic heterocycles. The van der Waals surface area contributed by atoms with Gasteiger partial charge >= 0.3 is 7.12 Å². The first-order valence-corrected chi connectivity index (χ1v) is 8.23. The van der Waals surface area contributed by atoms with Crippen LogP contribution in [0.3, 0.4) is 0 Å². The van der Waals surface area contributed by atoms with Crippen LogP contribution in [0.1, 0.15) is 45.7 Å². The van der Waals surface area contributed by atoms with Gasteiger partial charge in [-0.15, -0.1) is 0 Å². The highest BCUT2D eigenvalue weighted by Gasteiger charge is 2.53. The van der Waals surface area contributed by atoms with Crippen molar-refractivity contribution in [3.05, 3.63) is 29.0 Å². The number of rotatable bonds is 3. The number of ether oxygens (including phenoxy) is 2. The largest absolute Gasteiger partial charge is 0.525 e. The molecule has 0 aromatic heterocycles. The average Bonchev–Trinajstić information content (AvgIpc) is 2.93. The van der Waals surface area contributed by atoms with Crippen molar-refractivity contribution in [2.24, 2.45) is 0 Å². The third kappa shape index (κ3) is 2.93. The summed E-state index contributed by atoms with van der Waals surface area (Å²) in [6.07, 6.45) is 2.35. The summed E-state index contributed by atoms with van der Waals surface area (Å²) in [5, 5.41) is 0. The number of hydrogen-bond donors (Lipinski definition) is 0. The van der Waals surface area contributed by atoms with Crippen LogP contribution in [0.2, 0.25) is 0 Å². The lowest BCUT2D eigenvalue weighted by Crippen LogP contribution is -2.41. The van der Waals surface area contributed by atoms with Crippen LogP contribution in [-0.2, 0) is 15.7 Å². The van der Waals surface area contributed by atoms with Gasteiger partial charge in [-0.25, -0.2) is 4.39 Å². The van der Waals surface area contributed by atoms with Crippen molar-refractivity contribution in [2.45, 2.75) is 58.3 Å².